The van der Waals surface area contributed by atoms with E-state index in [4.69, 9.17) is 9.47 Å². The van der Waals surface area contributed by atoms with Crippen molar-refractivity contribution in [2.75, 3.05) is 20.8 Å². The van der Waals surface area contributed by atoms with Crippen molar-refractivity contribution in [2.45, 2.75) is 19.4 Å². The number of aromatic amines is 1. The second-order valence-electron chi connectivity index (χ2n) is 4.57. The lowest BCUT2D eigenvalue weighted by Gasteiger charge is -2.18. The van der Waals surface area contributed by atoms with Crippen LogP contribution in [0.4, 0.5) is 0 Å². The molecule has 5 nitrogen and oxygen atoms in total. The molecular formula is C15H21N3O2. The average Bonchev–Trinajstić information content (AvgIpc) is 2.99. The van der Waals surface area contributed by atoms with Crippen molar-refractivity contribution in [3.05, 3.63) is 42.0 Å². The number of nitrogens with zero attached hydrogens (tertiary/aromatic N) is 1. The molecule has 0 radical (unpaired) electrons. The predicted octanol–water partition coefficient (Wildman–Crippen LogP) is 2.32. The predicted molar refractivity (Wildman–Crippen MR) is 78.3 cm³/mol. The topological polar surface area (TPSA) is 59.2 Å². The Morgan fingerprint density at radius 2 is 2.15 bits per heavy atom. The van der Waals surface area contributed by atoms with Crippen molar-refractivity contribution in [1.82, 2.24) is 15.3 Å². The van der Waals surface area contributed by atoms with E-state index in [1.54, 1.807) is 20.4 Å². The molecule has 0 aliphatic heterocycles. The maximum absolute atomic E-state index is 5.40. The zero-order valence-corrected chi connectivity index (χ0v) is 12.1. The Labute approximate surface area is 119 Å². The van der Waals surface area contributed by atoms with Gasteiger partial charge in [0.25, 0.3) is 0 Å². The summed E-state index contributed by atoms with van der Waals surface area (Å²) in [7, 11) is 3.35. The molecule has 0 aliphatic carbocycles. The second kappa shape index (κ2) is 6.96. The van der Waals surface area contributed by atoms with Crippen LogP contribution in [0.3, 0.4) is 0 Å². The van der Waals surface area contributed by atoms with Gasteiger partial charge < -0.3 is 19.8 Å². The third-order valence-corrected chi connectivity index (χ3v) is 3.27. The van der Waals surface area contributed by atoms with Gasteiger partial charge in [0.15, 0.2) is 0 Å². The molecule has 5 heteroatoms. The van der Waals surface area contributed by atoms with E-state index in [2.05, 4.69) is 22.2 Å². The zero-order valence-electron chi connectivity index (χ0n) is 12.1. The molecule has 0 fully saturated rings. The summed E-state index contributed by atoms with van der Waals surface area (Å²) in [5.74, 6) is 2.69. The van der Waals surface area contributed by atoms with Crippen molar-refractivity contribution in [3.8, 4) is 11.5 Å². The number of rotatable bonds is 7. The minimum absolute atomic E-state index is 0.176. The highest BCUT2D eigenvalue weighted by Crippen LogP contribution is 2.29. The maximum Gasteiger partial charge on any atom is 0.123 e. The van der Waals surface area contributed by atoms with E-state index in [1.807, 2.05) is 24.4 Å². The molecule has 2 rings (SSSR count). The highest BCUT2D eigenvalue weighted by molar-refractivity contribution is 5.42. The molecule has 1 aromatic heterocycles. The van der Waals surface area contributed by atoms with Crippen LogP contribution in [-0.2, 0) is 6.42 Å². The molecule has 108 valence electrons. The van der Waals surface area contributed by atoms with Crippen molar-refractivity contribution in [2.24, 2.45) is 0 Å². The number of imidazole rings is 1. The average molecular weight is 275 g/mol. The molecule has 0 bridgehead atoms. The summed E-state index contributed by atoms with van der Waals surface area (Å²) >= 11 is 0. The van der Waals surface area contributed by atoms with Gasteiger partial charge in [-0.1, -0.05) is 0 Å². The van der Waals surface area contributed by atoms with Crippen LogP contribution in [0.1, 0.15) is 24.4 Å². The normalized spacial score (nSPS) is 12.2. The molecule has 1 aromatic carbocycles. The second-order valence-corrected chi connectivity index (χ2v) is 4.57. The van der Waals surface area contributed by atoms with Crippen LogP contribution in [0.5, 0.6) is 11.5 Å². The molecule has 1 heterocycles. The van der Waals surface area contributed by atoms with Crippen molar-refractivity contribution in [1.29, 1.82) is 0 Å². The summed E-state index contributed by atoms with van der Waals surface area (Å²) in [6, 6.07) is 6.01. The van der Waals surface area contributed by atoms with Crippen LogP contribution < -0.4 is 14.8 Å². The summed E-state index contributed by atoms with van der Waals surface area (Å²) in [5, 5.41) is 3.47. The smallest absolute Gasteiger partial charge is 0.123 e. The first-order valence-electron chi connectivity index (χ1n) is 6.68. The van der Waals surface area contributed by atoms with Crippen LogP contribution in [0.25, 0.3) is 0 Å². The molecule has 1 unspecified atom stereocenters. The Kier molecular flexibility index (Phi) is 5.01. The molecule has 0 amide bonds. The van der Waals surface area contributed by atoms with E-state index in [1.165, 1.54) is 0 Å². The SMILES string of the molecule is COc1ccc(OC)c(C(C)NCCc2ncc[nH]2)c1. The number of ether oxygens (including phenoxy) is 2. The van der Waals surface area contributed by atoms with Gasteiger partial charge in [0.1, 0.15) is 17.3 Å². The lowest BCUT2D eigenvalue weighted by Crippen LogP contribution is -2.22. The van der Waals surface area contributed by atoms with E-state index in [0.717, 1.165) is 35.9 Å². The number of aromatic nitrogens is 2. The Bertz CT molecular complexity index is 526. The minimum Gasteiger partial charge on any atom is -0.497 e. The highest BCUT2D eigenvalue weighted by atomic mass is 16.5. The third-order valence-electron chi connectivity index (χ3n) is 3.27. The Morgan fingerprint density at radius 3 is 2.80 bits per heavy atom. The molecular weight excluding hydrogens is 254 g/mol. The summed E-state index contributed by atoms with van der Waals surface area (Å²) in [6.07, 6.45) is 4.47. The van der Waals surface area contributed by atoms with Crippen LogP contribution >= 0.6 is 0 Å². The Balaban J connectivity index is 1.98. The largest absolute Gasteiger partial charge is 0.497 e. The van der Waals surface area contributed by atoms with Crippen LogP contribution in [-0.4, -0.2) is 30.7 Å². The number of benzene rings is 1. The van der Waals surface area contributed by atoms with E-state index < -0.39 is 0 Å². The van der Waals surface area contributed by atoms with E-state index in [0.29, 0.717) is 0 Å². The number of hydrogen-bond acceptors (Lipinski definition) is 4. The molecule has 2 N–H and O–H groups in total. The molecule has 0 aliphatic rings. The quantitative estimate of drug-likeness (QED) is 0.814. The van der Waals surface area contributed by atoms with Gasteiger partial charge in [-0.15, -0.1) is 0 Å². The highest BCUT2D eigenvalue weighted by Gasteiger charge is 2.12. The van der Waals surface area contributed by atoms with E-state index in [9.17, 15) is 0 Å². The maximum atomic E-state index is 5.40. The minimum atomic E-state index is 0.176. The molecule has 2 aromatic rings. The van der Waals surface area contributed by atoms with Gasteiger partial charge in [-0.3, -0.25) is 0 Å². The van der Waals surface area contributed by atoms with Gasteiger partial charge in [0.2, 0.25) is 0 Å². The van der Waals surface area contributed by atoms with Crippen molar-refractivity contribution < 1.29 is 9.47 Å². The van der Waals surface area contributed by atoms with Gasteiger partial charge >= 0.3 is 0 Å². The first kappa shape index (κ1) is 14.4. The monoisotopic (exact) mass is 275 g/mol. The van der Waals surface area contributed by atoms with E-state index in [-0.39, 0.29) is 6.04 Å². The summed E-state index contributed by atoms with van der Waals surface area (Å²) in [6.45, 7) is 2.95. The fraction of sp³-hybridized carbons (Fsp3) is 0.400. The third kappa shape index (κ3) is 3.51. The summed E-state index contributed by atoms with van der Waals surface area (Å²) in [4.78, 5) is 7.30. The fourth-order valence-electron chi connectivity index (χ4n) is 2.13. The van der Waals surface area contributed by atoms with Gasteiger partial charge in [-0.05, 0) is 25.1 Å². The lowest BCUT2D eigenvalue weighted by atomic mass is 10.1. The molecule has 0 saturated carbocycles. The van der Waals surface area contributed by atoms with Crippen molar-refractivity contribution in [3.63, 3.8) is 0 Å². The van der Waals surface area contributed by atoms with Crippen LogP contribution in [0.15, 0.2) is 30.6 Å². The molecule has 1 atom stereocenters. The molecule has 0 spiro atoms. The number of hydrogen-bond donors (Lipinski definition) is 2. The number of H-pyrrole nitrogens is 1. The number of methoxy groups -OCH3 is 2. The summed E-state index contributed by atoms with van der Waals surface area (Å²) < 4.78 is 10.7. The zero-order chi connectivity index (χ0) is 14.4. The van der Waals surface area contributed by atoms with Crippen LogP contribution in [0, 0.1) is 0 Å². The van der Waals surface area contributed by atoms with E-state index >= 15 is 0 Å². The first-order valence-corrected chi connectivity index (χ1v) is 6.68. The van der Waals surface area contributed by atoms with Gasteiger partial charge in [-0.2, -0.15) is 0 Å². The molecule has 0 saturated heterocycles. The fourth-order valence-corrected chi connectivity index (χ4v) is 2.13. The van der Waals surface area contributed by atoms with Gasteiger partial charge in [0, 0.05) is 37.0 Å². The lowest BCUT2D eigenvalue weighted by molar-refractivity contribution is 0.392. The number of nitrogens with one attached hydrogen (secondary N) is 2. The summed E-state index contributed by atoms with van der Waals surface area (Å²) in [5.41, 5.74) is 1.09. The Morgan fingerprint density at radius 1 is 1.30 bits per heavy atom. The first-order chi connectivity index (χ1) is 9.74. The van der Waals surface area contributed by atoms with Crippen molar-refractivity contribution >= 4 is 0 Å². The molecule has 20 heavy (non-hydrogen) atoms. The Hall–Kier alpha value is -2.01. The van der Waals surface area contributed by atoms with Crippen LogP contribution in [0.2, 0.25) is 0 Å². The van der Waals surface area contributed by atoms with Gasteiger partial charge in [-0.25, -0.2) is 4.98 Å². The standard InChI is InChI=1S/C15H21N3O2/c1-11(16-7-6-15-17-8-9-18-15)13-10-12(19-2)4-5-14(13)20-3/h4-5,8-11,16H,6-7H2,1-3H3,(H,17,18). The van der Waals surface area contributed by atoms with Gasteiger partial charge in [0.05, 0.1) is 14.2 Å².